The molecular weight excluding hydrogens is 314 g/mol. The van der Waals surface area contributed by atoms with Crippen molar-refractivity contribution in [2.75, 3.05) is 31.2 Å². The molecule has 0 amide bonds. The summed E-state index contributed by atoms with van der Waals surface area (Å²) in [5.41, 5.74) is 0.780. The molecule has 3 heterocycles. The first-order chi connectivity index (χ1) is 10.1. The topological polar surface area (TPSA) is 75.5 Å². The number of carboxylic acids is 1. The molecule has 0 bridgehead atoms. The third-order valence-corrected chi connectivity index (χ3v) is 4.62. The number of ether oxygens (including phenoxy) is 1. The zero-order valence-corrected chi connectivity index (χ0v) is 12.8. The van der Waals surface area contributed by atoms with E-state index in [1.165, 1.54) is 11.3 Å². The van der Waals surface area contributed by atoms with Crippen molar-refractivity contribution in [2.45, 2.75) is 12.8 Å². The van der Waals surface area contributed by atoms with Gasteiger partial charge in [0.05, 0.1) is 29.9 Å². The van der Waals surface area contributed by atoms with Gasteiger partial charge in [-0.2, -0.15) is 4.98 Å². The smallest absolute Gasteiger partial charge is 0.303 e. The first kappa shape index (κ1) is 14.5. The van der Waals surface area contributed by atoms with Crippen molar-refractivity contribution in [1.29, 1.82) is 0 Å². The van der Waals surface area contributed by atoms with E-state index in [2.05, 4.69) is 14.9 Å². The minimum atomic E-state index is -0.801. The number of hydrogen-bond donors (Lipinski definition) is 1. The van der Waals surface area contributed by atoms with Crippen LogP contribution in [0.15, 0.2) is 6.07 Å². The number of aromatic nitrogens is 2. The number of aryl methyl sites for hydroxylation is 1. The third kappa shape index (κ3) is 3.25. The van der Waals surface area contributed by atoms with E-state index >= 15 is 0 Å². The van der Waals surface area contributed by atoms with Crippen LogP contribution in [0.25, 0.3) is 10.2 Å². The van der Waals surface area contributed by atoms with Gasteiger partial charge >= 0.3 is 5.97 Å². The van der Waals surface area contributed by atoms with Gasteiger partial charge in [-0.3, -0.25) is 4.79 Å². The van der Waals surface area contributed by atoms with Crippen LogP contribution in [0, 0.1) is 0 Å². The molecule has 112 valence electrons. The standard InChI is InChI=1S/C13H14ClN3O3S/c14-13-15-9-7-8(1-2-10(18)19)21-11(9)12(16-13)17-3-5-20-6-4-17/h7H,1-6H2,(H,18,19). The van der Waals surface area contributed by atoms with Crippen LogP contribution in [0.2, 0.25) is 5.28 Å². The van der Waals surface area contributed by atoms with E-state index in [1.54, 1.807) is 0 Å². The highest BCUT2D eigenvalue weighted by Gasteiger charge is 2.19. The lowest BCUT2D eigenvalue weighted by molar-refractivity contribution is -0.136. The quantitative estimate of drug-likeness (QED) is 0.868. The first-order valence-electron chi connectivity index (χ1n) is 6.64. The second kappa shape index (κ2) is 6.13. The Morgan fingerprint density at radius 1 is 1.43 bits per heavy atom. The van der Waals surface area contributed by atoms with Gasteiger partial charge in [-0.25, -0.2) is 4.98 Å². The number of hydrogen-bond acceptors (Lipinski definition) is 6. The Morgan fingerprint density at radius 3 is 2.90 bits per heavy atom. The van der Waals surface area contributed by atoms with Crippen LogP contribution in [0.5, 0.6) is 0 Å². The summed E-state index contributed by atoms with van der Waals surface area (Å²) < 4.78 is 6.31. The maximum absolute atomic E-state index is 10.7. The van der Waals surface area contributed by atoms with Gasteiger partial charge in [-0.1, -0.05) is 0 Å². The highest BCUT2D eigenvalue weighted by Crippen LogP contribution is 2.33. The summed E-state index contributed by atoms with van der Waals surface area (Å²) in [5, 5.41) is 9.00. The van der Waals surface area contributed by atoms with E-state index in [4.69, 9.17) is 21.4 Å². The Labute approximate surface area is 130 Å². The molecule has 1 fully saturated rings. The van der Waals surface area contributed by atoms with Crippen LogP contribution >= 0.6 is 22.9 Å². The SMILES string of the molecule is O=C(O)CCc1cc2nc(Cl)nc(N3CCOCC3)c2s1. The number of anilines is 1. The minimum absolute atomic E-state index is 0.112. The van der Waals surface area contributed by atoms with E-state index < -0.39 is 5.97 Å². The maximum Gasteiger partial charge on any atom is 0.303 e. The molecule has 0 aliphatic carbocycles. The van der Waals surface area contributed by atoms with Crippen molar-refractivity contribution < 1.29 is 14.6 Å². The Kier molecular flexibility index (Phi) is 4.23. The van der Waals surface area contributed by atoms with Crippen LogP contribution in [-0.2, 0) is 16.0 Å². The highest BCUT2D eigenvalue weighted by atomic mass is 35.5. The molecule has 3 rings (SSSR count). The van der Waals surface area contributed by atoms with Gasteiger partial charge in [0.2, 0.25) is 5.28 Å². The molecular formula is C13H14ClN3O3S. The number of morpholine rings is 1. The summed E-state index contributed by atoms with van der Waals surface area (Å²) in [6.45, 7) is 2.87. The third-order valence-electron chi connectivity index (χ3n) is 3.27. The second-order valence-corrected chi connectivity index (χ2v) is 6.21. The molecule has 1 aliphatic rings. The molecule has 0 unspecified atom stereocenters. The molecule has 2 aromatic heterocycles. The predicted octanol–water partition coefficient (Wildman–Crippen LogP) is 2.20. The van der Waals surface area contributed by atoms with Gasteiger partial charge in [-0.05, 0) is 24.1 Å². The Bertz CT molecular complexity index is 670. The number of fused-ring (bicyclic) bond motifs is 1. The summed E-state index contributed by atoms with van der Waals surface area (Å²) in [6, 6.07) is 1.90. The summed E-state index contributed by atoms with van der Waals surface area (Å²) in [4.78, 5) is 22.4. The van der Waals surface area contributed by atoms with Gasteiger partial charge in [0, 0.05) is 18.0 Å². The largest absolute Gasteiger partial charge is 0.481 e. The zero-order valence-electron chi connectivity index (χ0n) is 11.2. The van der Waals surface area contributed by atoms with Crippen molar-refractivity contribution in [2.24, 2.45) is 0 Å². The maximum atomic E-state index is 10.7. The van der Waals surface area contributed by atoms with Crippen LogP contribution in [0.1, 0.15) is 11.3 Å². The first-order valence-corrected chi connectivity index (χ1v) is 7.83. The summed E-state index contributed by atoms with van der Waals surface area (Å²) in [5.74, 6) is 0.0184. The van der Waals surface area contributed by atoms with Crippen molar-refractivity contribution in [3.8, 4) is 0 Å². The molecule has 0 radical (unpaired) electrons. The fourth-order valence-electron chi connectivity index (χ4n) is 2.28. The van der Waals surface area contributed by atoms with Gasteiger partial charge in [0.15, 0.2) is 5.82 Å². The number of carboxylic acid groups (broad SMARTS) is 1. The molecule has 0 aromatic carbocycles. The van der Waals surface area contributed by atoms with Crippen molar-refractivity contribution in [3.05, 3.63) is 16.2 Å². The molecule has 21 heavy (non-hydrogen) atoms. The minimum Gasteiger partial charge on any atom is -0.481 e. The average Bonchev–Trinajstić information content (AvgIpc) is 2.88. The van der Waals surface area contributed by atoms with Gasteiger partial charge in [0.25, 0.3) is 0 Å². The lowest BCUT2D eigenvalue weighted by atomic mass is 10.2. The fourth-order valence-corrected chi connectivity index (χ4v) is 3.56. The number of aliphatic carboxylic acids is 1. The second-order valence-electron chi connectivity index (χ2n) is 4.74. The van der Waals surface area contributed by atoms with Crippen LogP contribution < -0.4 is 4.90 Å². The molecule has 1 aliphatic heterocycles. The molecule has 0 spiro atoms. The summed E-state index contributed by atoms with van der Waals surface area (Å²) >= 11 is 7.55. The monoisotopic (exact) mass is 327 g/mol. The highest BCUT2D eigenvalue weighted by molar-refractivity contribution is 7.19. The van der Waals surface area contributed by atoms with Crippen LogP contribution in [-0.4, -0.2) is 47.3 Å². The van der Waals surface area contributed by atoms with E-state index in [0.717, 1.165) is 34.0 Å². The Balaban J connectivity index is 1.96. The lowest BCUT2D eigenvalue weighted by Crippen LogP contribution is -2.36. The molecule has 0 saturated carbocycles. The van der Waals surface area contributed by atoms with E-state index in [0.29, 0.717) is 19.6 Å². The normalized spacial score (nSPS) is 15.6. The van der Waals surface area contributed by atoms with Crippen molar-refractivity contribution in [3.63, 3.8) is 0 Å². The zero-order chi connectivity index (χ0) is 14.8. The number of carbonyl (C=O) groups is 1. The van der Waals surface area contributed by atoms with Crippen LogP contribution in [0.4, 0.5) is 5.82 Å². The molecule has 8 heteroatoms. The Morgan fingerprint density at radius 2 is 2.19 bits per heavy atom. The Hall–Kier alpha value is -1.44. The molecule has 6 nitrogen and oxygen atoms in total. The van der Waals surface area contributed by atoms with E-state index in [1.807, 2.05) is 6.07 Å². The van der Waals surface area contributed by atoms with E-state index in [9.17, 15) is 4.79 Å². The predicted molar refractivity (Wildman–Crippen MR) is 81.4 cm³/mol. The van der Waals surface area contributed by atoms with E-state index in [-0.39, 0.29) is 11.7 Å². The van der Waals surface area contributed by atoms with Crippen molar-refractivity contribution in [1.82, 2.24) is 9.97 Å². The van der Waals surface area contributed by atoms with Crippen molar-refractivity contribution >= 4 is 44.9 Å². The number of thiophene rings is 1. The summed E-state index contributed by atoms with van der Waals surface area (Å²) in [6.07, 6.45) is 0.609. The van der Waals surface area contributed by atoms with Gasteiger partial charge in [-0.15, -0.1) is 11.3 Å². The molecule has 1 saturated heterocycles. The summed E-state index contributed by atoms with van der Waals surface area (Å²) in [7, 11) is 0. The number of rotatable bonds is 4. The molecule has 1 N–H and O–H groups in total. The average molecular weight is 328 g/mol. The van der Waals surface area contributed by atoms with Gasteiger partial charge < -0.3 is 14.7 Å². The molecule has 0 atom stereocenters. The number of halogens is 1. The van der Waals surface area contributed by atoms with Gasteiger partial charge in [0.1, 0.15) is 0 Å². The van der Waals surface area contributed by atoms with Crippen LogP contribution in [0.3, 0.4) is 0 Å². The molecule has 2 aromatic rings. The fraction of sp³-hybridized carbons (Fsp3) is 0.462. The number of nitrogens with zero attached hydrogens (tertiary/aromatic N) is 3. The lowest BCUT2D eigenvalue weighted by Gasteiger charge is -2.28.